The second kappa shape index (κ2) is 7.09. The number of nitrogens with one attached hydrogen (secondary N) is 1. The SMILES string of the molecule is Cc1ccc(C)c(N2CCN(C(=O)Nc3cc(F)ccc3F)CC2)c1. The van der Waals surface area contributed by atoms with Crippen LogP contribution in [0.15, 0.2) is 36.4 Å². The molecular weight excluding hydrogens is 324 g/mol. The standard InChI is InChI=1S/C19H21F2N3O/c1-13-3-4-14(2)18(11-13)23-7-9-24(10-8-23)19(25)22-17-12-15(20)5-6-16(17)21/h3-6,11-12H,7-10H2,1-2H3,(H,22,25). The normalized spacial score (nSPS) is 14.6. The fourth-order valence-corrected chi connectivity index (χ4v) is 3.00. The third kappa shape index (κ3) is 3.90. The molecule has 1 heterocycles. The van der Waals surface area contributed by atoms with Crippen LogP contribution in [0.2, 0.25) is 0 Å². The number of piperazine rings is 1. The number of anilines is 2. The molecule has 6 heteroatoms. The lowest BCUT2D eigenvalue weighted by Crippen LogP contribution is -2.50. The molecule has 1 N–H and O–H groups in total. The van der Waals surface area contributed by atoms with Crippen molar-refractivity contribution in [1.82, 2.24) is 4.90 Å². The molecule has 3 rings (SSSR count). The van der Waals surface area contributed by atoms with E-state index in [2.05, 4.69) is 42.3 Å². The van der Waals surface area contributed by atoms with Gasteiger partial charge in [-0.25, -0.2) is 13.6 Å². The Balaban J connectivity index is 1.63. The van der Waals surface area contributed by atoms with Crippen LogP contribution in [0.5, 0.6) is 0 Å². The number of carbonyl (C=O) groups is 1. The minimum Gasteiger partial charge on any atom is -0.368 e. The van der Waals surface area contributed by atoms with Gasteiger partial charge in [-0.2, -0.15) is 0 Å². The number of aryl methyl sites for hydroxylation is 2. The zero-order valence-corrected chi connectivity index (χ0v) is 14.4. The summed E-state index contributed by atoms with van der Waals surface area (Å²) in [5, 5.41) is 2.45. The highest BCUT2D eigenvalue weighted by molar-refractivity contribution is 5.89. The van der Waals surface area contributed by atoms with Gasteiger partial charge in [0.05, 0.1) is 5.69 Å². The molecule has 2 amide bonds. The van der Waals surface area contributed by atoms with Gasteiger partial charge >= 0.3 is 6.03 Å². The van der Waals surface area contributed by atoms with Crippen LogP contribution in [-0.4, -0.2) is 37.1 Å². The first-order valence-corrected chi connectivity index (χ1v) is 8.27. The van der Waals surface area contributed by atoms with E-state index < -0.39 is 17.7 Å². The summed E-state index contributed by atoms with van der Waals surface area (Å²) in [6, 6.07) is 8.92. The molecule has 0 unspecified atom stereocenters. The number of benzene rings is 2. The molecule has 1 saturated heterocycles. The van der Waals surface area contributed by atoms with Gasteiger partial charge in [0.15, 0.2) is 0 Å². The Labute approximate surface area is 146 Å². The maximum Gasteiger partial charge on any atom is 0.322 e. The van der Waals surface area contributed by atoms with Crippen LogP contribution >= 0.6 is 0 Å². The van der Waals surface area contributed by atoms with Gasteiger partial charge in [0.1, 0.15) is 11.6 Å². The van der Waals surface area contributed by atoms with E-state index in [-0.39, 0.29) is 5.69 Å². The first-order chi connectivity index (χ1) is 11.9. The van der Waals surface area contributed by atoms with Crippen molar-refractivity contribution in [3.63, 3.8) is 0 Å². The highest BCUT2D eigenvalue weighted by atomic mass is 19.1. The van der Waals surface area contributed by atoms with E-state index in [4.69, 9.17) is 0 Å². The molecule has 4 nitrogen and oxygen atoms in total. The Kier molecular flexibility index (Phi) is 4.88. The Hall–Kier alpha value is -2.63. The average molecular weight is 345 g/mol. The number of hydrogen-bond donors (Lipinski definition) is 1. The number of nitrogens with zero attached hydrogens (tertiary/aromatic N) is 2. The van der Waals surface area contributed by atoms with Crippen molar-refractivity contribution < 1.29 is 13.6 Å². The predicted molar refractivity (Wildman–Crippen MR) is 95.1 cm³/mol. The fourth-order valence-electron chi connectivity index (χ4n) is 3.00. The zero-order valence-electron chi connectivity index (χ0n) is 14.4. The third-order valence-corrected chi connectivity index (χ3v) is 4.44. The largest absolute Gasteiger partial charge is 0.368 e. The van der Waals surface area contributed by atoms with Gasteiger partial charge in [-0.15, -0.1) is 0 Å². The van der Waals surface area contributed by atoms with Crippen molar-refractivity contribution in [3.8, 4) is 0 Å². The molecule has 0 aromatic heterocycles. The molecule has 0 radical (unpaired) electrons. The van der Waals surface area contributed by atoms with Crippen LogP contribution in [-0.2, 0) is 0 Å². The van der Waals surface area contributed by atoms with Crippen molar-refractivity contribution in [2.24, 2.45) is 0 Å². The van der Waals surface area contributed by atoms with Gasteiger partial charge < -0.3 is 15.1 Å². The summed E-state index contributed by atoms with van der Waals surface area (Å²) in [7, 11) is 0. The smallest absolute Gasteiger partial charge is 0.322 e. The summed E-state index contributed by atoms with van der Waals surface area (Å²) in [6.07, 6.45) is 0. The number of amides is 2. The number of halogens is 2. The molecule has 0 bridgehead atoms. The summed E-state index contributed by atoms with van der Waals surface area (Å²) in [5.41, 5.74) is 3.44. The van der Waals surface area contributed by atoms with Crippen molar-refractivity contribution in [2.45, 2.75) is 13.8 Å². The van der Waals surface area contributed by atoms with Crippen LogP contribution in [0.4, 0.5) is 25.0 Å². The van der Waals surface area contributed by atoms with E-state index >= 15 is 0 Å². The third-order valence-electron chi connectivity index (χ3n) is 4.44. The summed E-state index contributed by atoms with van der Waals surface area (Å²) < 4.78 is 26.9. The molecule has 132 valence electrons. The van der Waals surface area contributed by atoms with E-state index in [0.29, 0.717) is 26.2 Å². The molecule has 0 aliphatic carbocycles. The van der Waals surface area contributed by atoms with Gasteiger partial charge in [0, 0.05) is 37.9 Å². The van der Waals surface area contributed by atoms with E-state index in [1.54, 1.807) is 4.90 Å². The molecule has 1 fully saturated rings. The van der Waals surface area contributed by atoms with Gasteiger partial charge in [-0.3, -0.25) is 0 Å². The lowest BCUT2D eigenvalue weighted by Gasteiger charge is -2.36. The van der Waals surface area contributed by atoms with Crippen molar-refractivity contribution in [1.29, 1.82) is 0 Å². The molecule has 25 heavy (non-hydrogen) atoms. The summed E-state index contributed by atoms with van der Waals surface area (Å²) in [5.74, 6) is -1.24. The van der Waals surface area contributed by atoms with Crippen LogP contribution in [0.1, 0.15) is 11.1 Å². The molecule has 0 atom stereocenters. The molecule has 1 aliphatic heterocycles. The maximum atomic E-state index is 13.7. The second-order valence-electron chi connectivity index (χ2n) is 6.32. The Morgan fingerprint density at radius 1 is 1.00 bits per heavy atom. The zero-order chi connectivity index (χ0) is 18.0. The van der Waals surface area contributed by atoms with Crippen molar-refractivity contribution in [2.75, 3.05) is 36.4 Å². The second-order valence-corrected chi connectivity index (χ2v) is 6.32. The molecule has 1 aliphatic rings. The summed E-state index contributed by atoms with van der Waals surface area (Å²) in [4.78, 5) is 16.2. The van der Waals surface area contributed by atoms with E-state index in [9.17, 15) is 13.6 Å². The van der Waals surface area contributed by atoms with Crippen LogP contribution in [0.3, 0.4) is 0 Å². The average Bonchev–Trinajstić information content (AvgIpc) is 2.60. The number of urea groups is 1. The van der Waals surface area contributed by atoms with E-state index in [1.807, 2.05) is 0 Å². The minimum atomic E-state index is -0.649. The van der Waals surface area contributed by atoms with Crippen LogP contribution < -0.4 is 10.2 Å². The lowest BCUT2D eigenvalue weighted by atomic mass is 10.1. The lowest BCUT2D eigenvalue weighted by molar-refractivity contribution is 0.208. The van der Waals surface area contributed by atoms with Crippen LogP contribution in [0.25, 0.3) is 0 Å². The highest BCUT2D eigenvalue weighted by Crippen LogP contribution is 2.23. The molecular formula is C19H21F2N3O. The van der Waals surface area contributed by atoms with Gasteiger partial charge in [0.2, 0.25) is 0 Å². The predicted octanol–water partition coefficient (Wildman–Crippen LogP) is 3.94. The van der Waals surface area contributed by atoms with Crippen LogP contribution in [0, 0.1) is 25.5 Å². The van der Waals surface area contributed by atoms with Gasteiger partial charge in [-0.05, 0) is 43.2 Å². The summed E-state index contributed by atoms with van der Waals surface area (Å²) >= 11 is 0. The van der Waals surface area contributed by atoms with Gasteiger partial charge in [0.25, 0.3) is 0 Å². The molecule has 2 aromatic rings. The Morgan fingerprint density at radius 2 is 1.72 bits per heavy atom. The Bertz CT molecular complexity index is 786. The number of carbonyl (C=O) groups excluding carboxylic acids is 1. The minimum absolute atomic E-state index is 0.137. The maximum absolute atomic E-state index is 13.7. The first kappa shape index (κ1) is 17.2. The number of rotatable bonds is 2. The quantitative estimate of drug-likeness (QED) is 0.895. The molecule has 0 saturated carbocycles. The van der Waals surface area contributed by atoms with Crippen molar-refractivity contribution in [3.05, 3.63) is 59.2 Å². The number of hydrogen-bond acceptors (Lipinski definition) is 2. The fraction of sp³-hybridized carbons (Fsp3) is 0.316. The molecule has 0 spiro atoms. The highest BCUT2D eigenvalue weighted by Gasteiger charge is 2.23. The van der Waals surface area contributed by atoms with Gasteiger partial charge in [-0.1, -0.05) is 12.1 Å². The van der Waals surface area contributed by atoms with E-state index in [1.165, 1.54) is 16.8 Å². The topological polar surface area (TPSA) is 35.6 Å². The monoisotopic (exact) mass is 345 g/mol. The Morgan fingerprint density at radius 3 is 2.44 bits per heavy atom. The summed E-state index contributed by atoms with van der Waals surface area (Å²) in [6.45, 7) is 6.57. The van der Waals surface area contributed by atoms with E-state index in [0.717, 1.165) is 18.2 Å². The molecule has 2 aromatic carbocycles. The van der Waals surface area contributed by atoms with Crippen molar-refractivity contribution >= 4 is 17.4 Å². The first-order valence-electron chi connectivity index (χ1n) is 8.27.